The van der Waals surface area contributed by atoms with Crippen LogP contribution in [-0.2, 0) is 47.5 Å². The number of rotatable bonds is 6. The molecule has 1 unspecified atom stereocenters. The summed E-state index contributed by atoms with van der Waals surface area (Å²) in [5.74, 6) is 1.90. The van der Waals surface area contributed by atoms with E-state index in [1.54, 1.807) is 0 Å². The van der Waals surface area contributed by atoms with Crippen molar-refractivity contribution in [2.45, 2.75) is 161 Å². The molecule has 17 atom stereocenters. The van der Waals surface area contributed by atoms with Crippen LogP contribution in [0.15, 0.2) is 0 Å². The van der Waals surface area contributed by atoms with Crippen molar-refractivity contribution < 1.29 is 52.6 Å². The first-order chi connectivity index (χ1) is 23.6. The number of ether oxygens (including phenoxy) is 7. The number of fused-ring (bicyclic) bond motifs is 7. The molecule has 0 radical (unpaired) electrons. The Balaban J connectivity index is 1.02. The van der Waals surface area contributed by atoms with Gasteiger partial charge in [0.2, 0.25) is 0 Å². The van der Waals surface area contributed by atoms with Crippen LogP contribution in [0.1, 0.15) is 113 Å². The molecule has 4 saturated carbocycles. The van der Waals surface area contributed by atoms with Gasteiger partial charge in [0.05, 0.1) is 18.8 Å². The van der Waals surface area contributed by atoms with E-state index in [1.165, 1.54) is 46.5 Å². The Morgan fingerprint density at radius 2 is 1.54 bits per heavy atom. The molecule has 282 valence electrons. The molecule has 0 aromatic rings. The highest BCUT2D eigenvalue weighted by Gasteiger charge is 2.69. The average molecular weight is 705 g/mol. The van der Waals surface area contributed by atoms with Gasteiger partial charge in [0, 0.05) is 33.1 Å². The van der Waals surface area contributed by atoms with Crippen LogP contribution >= 0.6 is 0 Å². The quantitative estimate of drug-likeness (QED) is 0.218. The molecule has 3 aliphatic heterocycles. The lowest BCUT2D eigenvalue weighted by Crippen LogP contribution is -2.62. The predicted octanol–water partition coefficient (Wildman–Crippen LogP) is 5.33. The fraction of sp³-hybridized carbons (Fsp3) is 0.923. The van der Waals surface area contributed by atoms with Crippen molar-refractivity contribution in [1.29, 1.82) is 0 Å². The summed E-state index contributed by atoms with van der Waals surface area (Å²) in [5, 5.41) is 11.4. The van der Waals surface area contributed by atoms with Crippen LogP contribution in [0.5, 0.6) is 0 Å². The normalized spacial score (nSPS) is 51.1. The molecule has 1 spiro atoms. The Morgan fingerprint density at radius 3 is 2.22 bits per heavy atom. The van der Waals surface area contributed by atoms with Gasteiger partial charge in [0.1, 0.15) is 18.8 Å². The van der Waals surface area contributed by atoms with Gasteiger partial charge in [0.25, 0.3) is 0 Å². The molecule has 0 amide bonds. The van der Waals surface area contributed by atoms with Gasteiger partial charge in [-0.3, -0.25) is 14.4 Å². The third-order valence-corrected chi connectivity index (χ3v) is 14.9. The van der Waals surface area contributed by atoms with Crippen molar-refractivity contribution in [2.75, 3.05) is 13.2 Å². The molecular weight excluding hydrogens is 644 g/mol. The Hall–Kier alpha value is -1.79. The van der Waals surface area contributed by atoms with E-state index < -0.39 is 48.6 Å². The van der Waals surface area contributed by atoms with Gasteiger partial charge in [-0.15, -0.1) is 0 Å². The van der Waals surface area contributed by atoms with Gasteiger partial charge < -0.3 is 38.3 Å². The van der Waals surface area contributed by atoms with Crippen molar-refractivity contribution in [3.05, 3.63) is 0 Å². The lowest BCUT2D eigenvalue weighted by Gasteiger charge is -2.61. The van der Waals surface area contributed by atoms with E-state index in [2.05, 4.69) is 27.7 Å². The van der Waals surface area contributed by atoms with Crippen LogP contribution in [0.25, 0.3) is 0 Å². The number of hydrogen-bond donors (Lipinski definition) is 1. The lowest BCUT2D eigenvalue weighted by atomic mass is 9.44. The first-order valence-corrected chi connectivity index (χ1v) is 19.4. The second-order valence-corrected chi connectivity index (χ2v) is 17.7. The fourth-order valence-electron chi connectivity index (χ4n) is 12.5. The zero-order chi connectivity index (χ0) is 35.7. The number of aliphatic hydroxyl groups excluding tert-OH is 1. The highest BCUT2D eigenvalue weighted by molar-refractivity contribution is 5.68. The Labute approximate surface area is 297 Å². The highest BCUT2D eigenvalue weighted by atomic mass is 16.7. The number of carbonyl (C=O) groups is 3. The van der Waals surface area contributed by atoms with Gasteiger partial charge >= 0.3 is 17.9 Å². The van der Waals surface area contributed by atoms with E-state index in [9.17, 15) is 19.5 Å². The van der Waals surface area contributed by atoms with E-state index in [4.69, 9.17) is 33.2 Å². The first kappa shape index (κ1) is 36.6. The third kappa shape index (κ3) is 6.22. The molecule has 11 heteroatoms. The second kappa shape index (κ2) is 13.6. The maximum atomic E-state index is 12.1. The summed E-state index contributed by atoms with van der Waals surface area (Å²) >= 11 is 0. The number of hydrogen-bond acceptors (Lipinski definition) is 11. The molecule has 0 aromatic heterocycles. The summed E-state index contributed by atoms with van der Waals surface area (Å²) in [4.78, 5) is 35.7. The molecule has 50 heavy (non-hydrogen) atoms. The summed E-state index contributed by atoms with van der Waals surface area (Å²) in [6.45, 7) is 14.1. The molecule has 4 aliphatic carbocycles. The van der Waals surface area contributed by atoms with Crippen molar-refractivity contribution >= 4 is 17.9 Å². The largest absolute Gasteiger partial charge is 0.463 e. The summed E-state index contributed by atoms with van der Waals surface area (Å²) in [7, 11) is 0. The Bertz CT molecular complexity index is 1300. The fourth-order valence-corrected chi connectivity index (χ4v) is 12.5. The summed E-state index contributed by atoms with van der Waals surface area (Å²) in [5.41, 5.74) is 0.493. The first-order valence-electron chi connectivity index (χ1n) is 19.4. The van der Waals surface area contributed by atoms with Crippen molar-refractivity contribution in [1.82, 2.24) is 0 Å². The lowest BCUT2D eigenvalue weighted by molar-refractivity contribution is -0.319. The molecule has 7 aliphatic rings. The Morgan fingerprint density at radius 1 is 0.820 bits per heavy atom. The molecule has 1 N–H and O–H groups in total. The highest BCUT2D eigenvalue weighted by Crippen LogP contribution is 2.71. The van der Waals surface area contributed by atoms with E-state index >= 15 is 0 Å². The van der Waals surface area contributed by atoms with Crippen LogP contribution in [-0.4, -0.2) is 84.9 Å². The predicted molar refractivity (Wildman–Crippen MR) is 179 cm³/mol. The monoisotopic (exact) mass is 704 g/mol. The summed E-state index contributed by atoms with van der Waals surface area (Å²) < 4.78 is 42.3. The summed E-state index contributed by atoms with van der Waals surface area (Å²) in [6.07, 6.45) is 5.14. The molecule has 7 rings (SSSR count). The van der Waals surface area contributed by atoms with Crippen LogP contribution in [0.3, 0.4) is 0 Å². The van der Waals surface area contributed by atoms with E-state index in [0.29, 0.717) is 47.5 Å². The van der Waals surface area contributed by atoms with Crippen LogP contribution in [0.4, 0.5) is 0 Å². The minimum Gasteiger partial charge on any atom is -0.463 e. The zero-order valence-corrected chi connectivity index (χ0v) is 31.1. The van der Waals surface area contributed by atoms with Gasteiger partial charge in [0.15, 0.2) is 24.3 Å². The van der Waals surface area contributed by atoms with Crippen molar-refractivity contribution in [3.63, 3.8) is 0 Å². The maximum absolute atomic E-state index is 12.1. The minimum atomic E-state index is -1.40. The minimum absolute atomic E-state index is 0.162. The van der Waals surface area contributed by atoms with Crippen LogP contribution < -0.4 is 0 Å². The smallest absolute Gasteiger partial charge is 0.303 e. The van der Waals surface area contributed by atoms with E-state index in [-0.39, 0.29) is 29.3 Å². The number of aliphatic hydroxyl groups is 1. The Kier molecular flexibility index (Phi) is 9.92. The van der Waals surface area contributed by atoms with Gasteiger partial charge in [-0.05, 0) is 104 Å². The second-order valence-electron chi connectivity index (χ2n) is 17.7. The zero-order valence-electron chi connectivity index (χ0n) is 31.1. The van der Waals surface area contributed by atoms with Crippen molar-refractivity contribution in [3.8, 4) is 0 Å². The molecule has 3 heterocycles. The third-order valence-electron chi connectivity index (χ3n) is 14.9. The van der Waals surface area contributed by atoms with Crippen molar-refractivity contribution in [2.24, 2.45) is 52.3 Å². The molecule has 0 bridgehead atoms. The average Bonchev–Trinajstić information content (AvgIpc) is 3.50. The SMILES string of the molecule is CC(=O)OC[C@H]1O[C@@H](O[C@H]2CC[C@@]3(C)C(CC[C@H]4[C@@H]5C[C@@H]6O[C@]7(CC[C@H](C)CO7)[C@@H](C)[C@@H]6[C@@]5(C)CC[C@@H]43)C2)[C@H](O)[C@@H](OC(C)=O)[C@@H]1OC(C)=O. The molecular formula is C39H60O11. The molecule has 11 nitrogen and oxygen atoms in total. The maximum Gasteiger partial charge on any atom is 0.303 e. The molecule has 3 saturated heterocycles. The van der Waals surface area contributed by atoms with E-state index in [1.807, 2.05) is 0 Å². The molecule has 0 aromatic carbocycles. The van der Waals surface area contributed by atoms with Gasteiger partial charge in [-0.25, -0.2) is 0 Å². The molecule has 7 fully saturated rings. The van der Waals surface area contributed by atoms with E-state index in [0.717, 1.165) is 45.1 Å². The number of carbonyl (C=O) groups excluding carboxylic acids is 3. The standard InChI is InChI=1S/C39H60O11/c1-20-10-15-39(45-18-20)21(2)32-30(50-39)17-29-27-9-8-25-16-26(11-13-37(25,6)28(27)12-14-38(29,32)7)48-36-33(43)35(47-24(5)42)34(46-23(4)41)31(49-36)19-44-22(3)40/h20-21,25-36,43H,8-19H2,1-7H3/t20-,21-,25?,26-,27+,28-,29-,30-,31+,32-,33+,34+,35+,36+,37-,38-,39+/m0/s1. The van der Waals surface area contributed by atoms with Crippen LogP contribution in [0.2, 0.25) is 0 Å². The van der Waals surface area contributed by atoms with Gasteiger partial charge in [-0.1, -0.05) is 27.7 Å². The number of esters is 3. The summed E-state index contributed by atoms with van der Waals surface area (Å²) in [6, 6.07) is 0. The van der Waals surface area contributed by atoms with Gasteiger partial charge in [-0.2, -0.15) is 0 Å². The van der Waals surface area contributed by atoms with Crippen LogP contribution in [0, 0.1) is 52.3 Å². The topological polar surface area (TPSA) is 136 Å².